The molecule has 3 aromatic rings. The van der Waals surface area contributed by atoms with E-state index in [2.05, 4.69) is 9.97 Å². The Bertz CT molecular complexity index is 894. The third-order valence-electron chi connectivity index (χ3n) is 4.13. The predicted octanol–water partition coefficient (Wildman–Crippen LogP) is 5.78. The van der Waals surface area contributed by atoms with E-state index in [-0.39, 0.29) is 5.56 Å². The highest BCUT2D eigenvalue weighted by molar-refractivity contribution is 6.29. The maximum atomic E-state index is 13.4. The summed E-state index contributed by atoms with van der Waals surface area (Å²) in [6, 6.07) is 9.44. The Kier molecular flexibility index (Phi) is 3.17. The van der Waals surface area contributed by atoms with Crippen LogP contribution in [0.15, 0.2) is 36.4 Å². The Hall–Kier alpha value is -2.01. The van der Waals surface area contributed by atoms with Crippen molar-refractivity contribution in [2.24, 2.45) is 0 Å². The molecule has 23 heavy (non-hydrogen) atoms. The summed E-state index contributed by atoms with van der Waals surface area (Å²) in [6.45, 7) is 0. The summed E-state index contributed by atoms with van der Waals surface area (Å²) in [7, 11) is 0. The molecule has 0 unspecified atom stereocenters. The van der Waals surface area contributed by atoms with Gasteiger partial charge in [0.05, 0.1) is 5.56 Å². The molecule has 2 aromatic heterocycles. The first-order chi connectivity index (χ1) is 10.9. The Labute approximate surface area is 135 Å². The Balaban J connectivity index is 1.91. The Morgan fingerprint density at radius 1 is 1.09 bits per heavy atom. The second-order valence-corrected chi connectivity index (χ2v) is 6.22. The molecule has 0 atom stereocenters. The lowest BCUT2D eigenvalue weighted by molar-refractivity contribution is -0.137. The van der Waals surface area contributed by atoms with E-state index in [4.69, 9.17) is 11.6 Å². The standard InChI is InChI=1S/C17H12ClF3N2/c18-15-6-4-11-8-14(22-16(11)23-15)12-7-10(9-1-2-9)3-5-13(12)17(19,20)21/h3-9H,1-2H2,(H,22,23). The van der Waals surface area contributed by atoms with Crippen molar-refractivity contribution in [1.29, 1.82) is 0 Å². The van der Waals surface area contributed by atoms with E-state index in [0.29, 0.717) is 22.4 Å². The fourth-order valence-electron chi connectivity index (χ4n) is 2.83. The van der Waals surface area contributed by atoms with Gasteiger partial charge < -0.3 is 4.98 Å². The van der Waals surface area contributed by atoms with Gasteiger partial charge in [0.2, 0.25) is 0 Å². The van der Waals surface area contributed by atoms with Gasteiger partial charge in [-0.25, -0.2) is 4.98 Å². The maximum absolute atomic E-state index is 13.4. The molecule has 0 spiro atoms. The van der Waals surface area contributed by atoms with Crippen LogP contribution in [-0.2, 0) is 6.18 Å². The molecule has 118 valence electrons. The summed E-state index contributed by atoms with van der Waals surface area (Å²) >= 11 is 5.84. The summed E-state index contributed by atoms with van der Waals surface area (Å²) in [5.41, 5.74) is 1.37. The van der Waals surface area contributed by atoms with Crippen molar-refractivity contribution in [2.75, 3.05) is 0 Å². The highest BCUT2D eigenvalue weighted by Crippen LogP contribution is 2.44. The molecule has 1 aliphatic carbocycles. The molecular weight excluding hydrogens is 325 g/mol. The van der Waals surface area contributed by atoms with E-state index in [1.807, 2.05) is 0 Å². The lowest BCUT2D eigenvalue weighted by Crippen LogP contribution is -2.07. The van der Waals surface area contributed by atoms with Crippen LogP contribution >= 0.6 is 11.6 Å². The third-order valence-corrected chi connectivity index (χ3v) is 4.34. The molecule has 0 bridgehead atoms. The summed E-state index contributed by atoms with van der Waals surface area (Å²) in [5, 5.41) is 1.03. The predicted molar refractivity (Wildman–Crippen MR) is 83.5 cm³/mol. The number of hydrogen-bond acceptors (Lipinski definition) is 1. The van der Waals surface area contributed by atoms with Crippen LogP contribution < -0.4 is 0 Å². The number of H-pyrrole nitrogens is 1. The van der Waals surface area contributed by atoms with Crippen LogP contribution in [0.25, 0.3) is 22.3 Å². The molecule has 2 nitrogen and oxygen atoms in total. The number of alkyl halides is 3. The maximum Gasteiger partial charge on any atom is 0.417 e. The first kappa shape index (κ1) is 14.6. The molecule has 0 aliphatic heterocycles. The van der Waals surface area contributed by atoms with Gasteiger partial charge in [-0.2, -0.15) is 13.2 Å². The second kappa shape index (κ2) is 4.99. The van der Waals surface area contributed by atoms with Crippen molar-refractivity contribution < 1.29 is 13.2 Å². The highest BCUT2D eigenvalue weighted by Gasteiger charge is 2.35. The van der Waals surface area contributed by atoms with E-state index >= 15 is 0 Å². The number of fused-ring (bicyclic) bond motifs is 1. The number of nitrogens with zero attached hydrogens (tertiary/aromatic N) is 1. The number of hydrogen-bond donors (Lipinski definition) is 1. The van der Waals surface area contributed by atoms with Gasteiger partial charge in [-0.1, -0.05) is 17.7 Å². The number of halogens is 4. The van der Waals surface area contributed by atoms with Crippen LogP contribution in [0.1, 0.15) is 29.9 Å². The van der Waals surface area contributed by atoms with Gasteiger partial charge in [-0.05, 0) is 54.7 Å². The van der Waals surface area contributed by atoms with Crippen molar-refractivity contribution in [3.63, 3.8) is 0 Å². The normalized spacial score (nSPS) is 15.3. The monoisotopic (exact) mass is 336 g/mol. The van der Waals surface area contributed by atoms with Crippen LogP contribution in [0.5, 0.6) is 0 Å². The number of rotatable bonds is 2. The first-order valence-corrected chi connectivity index (χ1v) is 7.66. The molecule has 1 saturated carbocycles. The molecule has 4 rings (SSSR count). The lowest BCUT2D eigenvalue weighted by Gasteiger charge is -2.13. The average Bonchev–Trinajstić information content (AvgIpc) is 3.25. The van der Waals surface area contributed by atoms with Gasteiger partial charge in [0.15, 0.2) is 0 Å². The number of aromatic nitrogens is 2. The zero-order valence-corrected chi connectivity index (χ0v) is 12.7. The van der Waals surface area contributed by atoms with Crippen molar-refractivity contribution >= 4 is 22.6 Å². The van der Waals surface area contributed by atoms with E-state index in [0.717, 1.165) is 23.8 Å². The van der Waals surface area contributed by atoms with Gasteiger partial charge in [0, 0.05) is 16.6 Å². The molecule has 1 aromatic carbocycles. The zero-order chi connectivity index (χ0) is 16.2. The van der Waals surface area contributed by atoms with Gasteiger partial charge in [-0.3, -0.25) is 0 Å². The number of benzene rings is 1. The van der Waals surface area contributed by atoms with Gasteiger partial charge >= 0.3 is 6.18 Å². The molecule has 6 heteroatoms. The first-order valence-electron chi connectivity index (χ1n) is 7.28. The topological polar surface area (TPSA) is 28.7 Å². The molecular formula is C17H12ClF3N2. The third kappa shape index (κ3) is 2.70. The van der Waals surface area contributed by atoms with E-state index in [9.17, 15) is 13.2 Å². The van der Waals surface area contributed by atoms with Crippen LogP contribution in [0.3, 0.4) is 0 Å². The summed E-state index contributed by atoms with van der Waals surface area (Å²) in [4.78, 5) is 7.07. The second-order valence-electron chi connectivity index (χ2n) is 5.83. The van der Waals surface area contributed by atoms with Crippen molar-refractivity contribution in [1.82, 2.24) is 9.97 Å². The smallest absolute Gasteiger partial charge is 0.339 e. The van der Waals surface area contributed by atoms with E-state index in [1.54, 1.807) is 30.3 Å². The number of aromatic amines is 1. The quantitative estimate of drug-likeness (QED) is 0.590. The Morgan fingerprint density at radius 2 is 1.87 bits per heavy atom. The summed E-state index contributed by atoms with van der Waals surface area (Å²) in [6.07, 6.45) is -2.33. The van der Waals surface area contributed by atoms with Crippen molar-refractivity contribution in [3.8, 4) is 11.3 Å². The molecule has 1 fully saturated rings. The van der Waals surface area contributed by atoms with Crippen molar-refractivity contribution in [2.45, 2.75) is 24.9 Å². The number of nitrogens with one attached hydrogen (secondary N) is 1. The molecule has 0 radical (unpaired) electrons. The summed E-state index contributed by atoms with van der Waals surface area (Å²) < 4.78 is 40.1. The summed E-state index contributed by atoms with van der Waals surface area (Å²) in [5.74, 6) is 0.382. The van der Waals surface area contributed by atoms with E-state index in [1.165, 1.54) is 6.07 Å². The average molecular weight is 337 g/mol. The van der Waals surface area contributed by atoms with Gasteiger partial charge in [0.1, 0.15) is 10.8 Å². The minimum Gasteiger partial charge on any atom is -0.339 e. The fraction of sp³-hybridized carbons (Fsp3) is 0.235. The van der Waals surface area contributed by atoms with Crippen LogP contribution in [0, 0.1) is 0 Å². The molecule has 0 saturated heterocycles. The SMILES string of the molecule is FC(F)(F)c1ccc(C2CC2)cc1-c1cc2ccc(Cl)nc2[nH]1. The fourth-order valence-corrected chi connectivity index (χ4v) is 2.98. The van der Waals surface area contributed by atoms with E-state index < -0.39 is 11.7 Å². The molecule has 1 aliphatic rings. The zero-order valence-electron chi connectivity index (χ0n) is 11.9. The minimum absolute atomic E-state index is 0.163. The molecule has 2 heterocycles. The molecule has 0 amide bonds. The van der Waals surface area contributed by atoms with Crippen LogP contribution in [-0.4, -0.2) is 9.97 Å². The largest absolute Gasteiger partial charge is 0.417 e. The van der Waals surface area contributed by atoms with Gasteiger partial charge in [-0.15, -0.1) is 0 Å². The van der Waals surface area contributed by atoms with Crippen LogP contribution in [0.4, 0.5) is 13.2 Å². The Morgan fingerprint density at radius 3 is 2.57 bits per heavy atom. The minimum atomic E-state index is -4.40. The lowest BCUT2D eigenvalue weighted by atomic mass is 9.98. The van der Waals surface area contributed by atoms with Crippen LogP contribution in [0.2, 0.25) is 5.15 Å². The number of pyridine rings is 1. The highest BCUT2D eigenvalue weighted by atomic mass is 35.5. The van der Waals surface area contributed by atoms with Crippen molar-refractivity contribution in [3.05, 3.63) is 52.7 Å². The molecule has 1 N–H and O–H groups in total. The van der Waals surface area contributed by atoms with Gasteiger partial charge in [0.25, 0.3) is 0 Å².